The van der Waals surface area contributed by atoms with Crippen molar-refractivity contribution in [3.8, 4) is 6.01 Å². The van der Waals surface area contributed by atoms with Gasteiger partial charge < -0.3 is 29.3 Å². The normalized spacial score (nSPS) is 19.2. The molecule has 9 heteroatoms. The van der Waals surface area contributed by atoms with E-state index in [9.17, 15) is 4.79 Å². The average molecular weight is 408 g/mol. The fourth-order valence-corrected chi connectivity index (χ4v) is 3.22. The SMILES string of the molecule is CN(C)CCOc1nc2c(c(NC3CCOC3)n1)CN(C(=O)OC(C)(C)C)CC2. The van der Waals surface area contributed by atoms with Gasteiger partial charge in [-0.05, 0) is 41.3 Å². The number of rotatable bonds is 6. The van der Waals surface area contributed by atoms with Crippen LogP contribution < -0.4 is 10.1 Å². The van der Waals surface area contributed by atoms with E-state index >= 15 is 0 Å². The van der Waals surface area contributed by atoms with Crippen LogP contribution >= 0.6 is 0 Å². The van der Waals surface area contributed by atoms with Crippen molar-refractivity contribution in [2.45, 2.75) is 51.8 Å². The van der Waals surface area contributed by atoms with E-state index in [0.29, 0.717) is 38.7 Å². The standard InChI is InChI=1S/C20H33N5O4/c1-20(2,3)29-19(26)25-8-6-16-15(12-25)17(21-14-7-10-27-13-14)23-18(22-16)28-11-9-24(4)5/h14H,6-13H2,1-5H3,(H,21,22,23). The average Bonchev–Trinajstić information content (AvgIpc) is 3.12. The Hall–Kier alpha value is -2.13. The van der Waals surface area contributed by atoms with Crippen molar-refractivity contribution in [1.29, 1.82) is 0 Å². The summed E-state index contributed by atoms with van der Waals surface area (Å²) in [6.45, 7) is 9.27. The monoisotopic (exact) mass is 407 g/mol. The maximum Gasteiger partial charge on any atom is 0.410 e. The van der Waals surface area contributed by atoms with E-state index in [1.807, 2.05) is 39.8 Å². The molecular weight excluding hydrogens is 374 g/mol. The predicted molar refractivity (Wildman–Crippen MR) is 109 cm³/mol. The van der Waals surface area contributed by atoms with E-state index in [-0.39, 0.29) is 12.1 Å². The second-order valence-electron chi connectivity index (χ2n) is 8.79. The highest BCUT2D eigenvalue weighted by molar-refractivity contribution is 5.69. The summed E-state index contributed by atoms with van der Waals surface area (Å²) < 4.78 is 16.8. The Morgan fingerprint density at radius 3 is 2.79 bits per heavy atom. The van der Waals surface area contributed by atoms with E-state index in [4.69, 9.17) is 14.2 Å². The van der Waals surface area contributed by atoms with Crippen LogP contribution in [0.3, 0.4) is 0 Å². The van der Waals surface area contributed by atoms with Crippen LogP contribution in [0.2, 0.25) is 0 Å². The van der Waals surface area contributed by atoms with Gasteiger partial charge in [-0.15, -0.1) is 0 Å². The summed E-state index contributed by atoms with van der Waals surface area (Å²) in [5, 5.41) is 3.47. The van der Waals surface area contributed by atoms with Gasteiger partial charge in [0, 0.05) is 31.7 Å². The van der Waals surface area contributed by atoms with Crippen LogP contribution in [0.4, 0.5) is 10.6 Å². The molecule has 1 aromatic rings. The summed E-state index contributed by atoms with van der Waals surface area (Å²) in [5.74, 6) is 0.721. The van der Waals surface area contributed by atoms with Gasteiger partial charge in [0.05, 0.1) is 24.9 Å². The lowest BCUT2D eigenvalue weighted by Crippen LogP contribution is -2.40. The van der Waals surface area contributed by atoms with Gasteiger partial charge in [-0.2, -0.15) is 9.97 Å². The third kappa shape index (κ3) is 6.17. The molecule has 1 amide bonds. The molecule has 0 radical (unpaired) electrons. The Labute approximate surface area is 172 Å². The summed E-state index contributed by atoms with van der Waals surface area (Å²) in [6, 6.07) is 0.568. The minimum Gasteiger partial charge on any atom is -0.462 e. The Balaban J connectivity index is 1.79. The van der Waals surface area contributed by atoms with Gasteiger partial charge >= 0.3 is 12.1 Å². The number of fused-ring (bicyclic) bond motifs is 1. The van der Waals surface area contributed by atoms with Gasteiger partial charge in [0.15, 0.2) is 0 Å². The molecule has 0 bridgehead atoms. The molecular formula is C20H33N5O4. The van der Waals surface area contributed by atoms with Gasteiger partial charge in [0.25, 0.3) is 0 Å². The highest BCUT2D eigenvalue weighted by Crippen LogP contribution is 2.28. The largest absolute Gasteiger partial charge is 0.462 e. The topological polar surface area (TPSA) is 89.1 Å². The number of likely N-dealkylation sites (N-methyl/N-ethyl adjacent to an activating group) is 1. The molecule has 1 aromatic heterocycles. The van der Waals surface area contributed by atoms with Crippen molar-refractivity contribution >= 4 is 11.9 Å². The molecule has 0 spiro atoms. The zero-order valence-corrected chi connectivity index (χ0v) is 18.2. The molecule has 1 N–H and O–H groups in total. The van der Waals surface area contributed by atoms with E-state index in [1.54, 1.807) is 4.90 Å². The lowest BCUT2D eigenvalue weighted by molar-refractivity contribution is 0.0223. The molecule has 9 nitrogen and oxygen atoms in total. The van der Waals surface area contributed by atoms with Crippen LogP contribution in [-0.4, -0.2) is 84.5 Å². The number of carbonyl (C=O) groups excluding carboxylic acids is 1. The summed E-state index contributed by atoms with van der Waals surface area (Å²) in [4.78, 5) is 25.5. The Morgan fingerprint density at radius 2 is 2.14 bits per heavy atom. The van der Waals surface area contributed by atoms with Crippen LogP contribution in [0.15, 0.2) is 0 Å². The second-order valence-corrected chi connectivity index (χ2v) is 8.79. The van der Waals surface area contributed by atoms with Gasteiger partial charge in [-0.25, -0.2) is 4.79 Å². The summed E-state index contributed by atoms with van der Waals surface area (Å²) in [6.07, 6.45) is 1.24. The van der Waals surface area contributed by atoms with Crippen molar-refractivity contribution in [2.24, 2.45) is 0 Å². The summed E-state index contributed by atoms with van der Waals surface area (Å²) >= 11 is 0. The van der Waals surface area contributed by atoms with Crippen LogP contribution in [0, 0.1) is 0 Å². The Morgan fingerprint density at radius 1 is 1.34 bits per heavy atom. The molecule has 29 heavy (non-hydrogen) atoms. The molecule has 0 aliphatic carbocycles. The highest BCUT2D eigenvalue weighted by atomic mass is 16.6. The number of nitrogens with zero attached hydrogens (tertiary/aromatic N) is 4. The van der Waals surface area contributed by atoms with Gasteiger partial charge in [-0.1, -0.05) is 0 Å². The number of amides is 1. The highest BCUT2D eigenvalue weighted by Gasteiger charge is 2.30. The molecule has 1 saturated heterocycles. The number of anilines is 1. The first-order chi connectivity index (χ1) is 13.7. The zero-order valence-electron chi connectivity index (χ0n) is 18.2. The van der Waals surface area contributed by atoms with E-state index in [1.165, 1.54) is 0 Å². The molecule has 1 atom stereocenters. The van der Waals surface area contributed by atoms with Crippen LogP contribution in [0.5, 0.6) is 6.01 Å². The molecule has 1 fully saturated rings. The number of carbonyl (C=O) groups is 1. The smallest absolute Gasteiger partial charge is 0.410 e. The third-order valence-electron chi connectivity index (χ3n) is 4.73. The van der Waals surface area contributed by atoms with E-state index < -0.39 is 5.60 Å². The molecule has 162 valence electrons. The maximum atomic E-state index is 12.5. The van der Waals surface area contributed by atoms with Crippen molar-refractivity contribution in [3.63, 3.8) is 0 Å². The quantitative estimate of drug-likeness (QED) is 0.765. The van der Waals surface area contributed by atoms with Crippen LogP contribution in [0.25, 0.3) is 0 Å². The predicted octanol–water partition coefficient (Wildman–Crippen LogP) is 1.91. The number of nitrogens with one attached hydrogen (secondary N) is 1. The van der Waals surface area contributed by atoms with Crippen LogP contribution in [-0.2, 0) is 22.4 Å². The van der Waals surface area contributed by atoms with E-state index in [2.05, 4.69) is 15.3 Å². The second kappa shape index (κ2) is 9.13. The number of hydrogen-bond donors (Lipinski definition) is 1. The number of aromatic nitrogens is 2. The molecule has 3 heterocycles. The van der Waals surface area contributed by atoms with Crippen molar-refractivity contribution in [3.05, 3.63) is 11.3 Å². The third-order valence-corrected chi connectivity index (χ3v) is 4.73. The molecule has 1 unspecified atom stereocenters. The van der Waals surface area contributed by atoms with E-state index in [0.717, 1.165) is 36.6 Å². The van der Waals surface area contributed by atoms with Crippen molar-refractivity contribution in [2.75, 3.05) is 52.3 Å². The number of ether oxygens (including phenoxy) is 3. The summed E-state index contributed by atoms with van der Waals surface area (Å²) in [5.41, 5.74) is 1.32. The Bertz CT molecular complexity index is 714. The maximum absolute atomic E-state index is 12.5. The van der Waals surface area contributed by atoms with Gasteiger partial charge in [0.1, 0.15) is 18.0 Å². The molecule has 0 saturated carbocycles. The molecule has 3 rings (SSSR count). The minimum absolute atomic E-state index is 0.195. The molecule has 2 aliphatic rings. The Kier molecular flexibility index (Phi) is 6.79. The first-order valence-electron chi connectivity index (χ1n) is 10.2. The van der Waals surface area contributed by atoms with Crippen LogP contribution in [0.1, 0.15) is 38.4 Å². The fourth-order valence-electron chi connectivity index (χ4n) is 3.22. The summed E-state index contributed by atoms with van der Waals surface area (Å²) in [7, 11) is 3.99. The lowest BCUT2D eigenvalue weighted by atomic mass is 10.1. The number of hydrogen-bond acceptors (Lipinski definition) is 8. The van der Waals surface area contributed by atoms with Crippen molar-refractivity contribution in [1.82, 2.24) is 19.8 Å². The van der Waals surface area contributed by atoms with Gasteiger partial charge in [0.2, 0.25) is 0 Å². The molecule has 0 aromatic carbocycles. The molecule has 2 aliphatic heterocycles. The minimum atomic E-state index is -0.528. The fraction of sp³-hybridized carbons (Fsp3) is 0.750. The van der Waals surface area contributed by atoms with Crippen molar-refractivity contribution < 1.29 is 19.0 Å². The lowest BCUT2D eigenvalue weighted by Gasteiger charge is -2.32. The first-order valence-corrected chi connectivity index (χ1v) is 10.2. The van der Waals surface area contributed by atoms with Gasteiger partial charge in [-0.3, -0.25) is 0 Å². The zero-order chi connectivity index (χ0) is 21.0. The first kappa shape index (κ1) is 21.6.